The summed E-state index contributed by atoms with van der Waals surface area (Å²) in [5.41, 5.74) is 0.760. The molecule has 0 bridgehead atoms. The van der Waals surface area contributed by atoms with Crippen molar-refractivity contribution >= 4 is 5.69 Å². The molecule has 106 valence electrons. The van der Waals surface area contributed by atoms with Gasteiger partial charge in [-0.15, -0.1) is 0 Å². The number of hydrogen-bond donors (Lipinski definition) is 0. The van der Waals surface area contributed by atoms with Crippen molar-refractivity contribution in [3.8, 4) is 11.4 Å². The summed E-state index contributed by atoms with van der Waals surface area (Å²) in [7, 11) is 0. The molecular formula is C13H11N5O3. The van der Waals surface area contributed by atoms with Crippen LogP contribution < -0.4 is 0 Å². The highest BCUT2D eigenvalue weighted by Crippen LogP contribution is 2.21. The van der Waals surface area contributed by atoms with Crippen molar-refractivity contribution in [2.75, 3.05) is 0 Å². The van der Waals surface area contributed by atoms with Gasteiger partial charge in [0.05, 0.1) is 4.92 Å². The van der Waals surface area contributed by atoms with Crippen LogP contribution in [0.5, 0.6) is 0 Å². The molecule has 0 N–H and O–H groups in total. The van der Waals surface area contributed by atoms with E-state index in [-0.39, 0.29) is 11.7 Å². The fraction of sp³-hybridized carbons (Fsp3) is 0.154. The lowest BCUT2D eigenvalue weighted by atomic mass is 10.2. The topological polar surface area (TPSA) is 99.9 Å². The summed E-state index contributed by atoms with van der Waals surface area (Å²) >= 11 is 0. The normalized spacial score (nSPS) is 12.2. The fourth-order valence-electron chi connectivity index (χ4n) is 1.86. The number of hydrogen-bond acceptors (Lipinski definition) is 6. The molecule has 2 aromatic heterocycles. The minimum absolute atomic E-state index is 0.0790. The molecule has 1 aromatic carbocycles. The Bertz CT molecular complexity index is 765. The van der Waals surface area contributed by atoms with E-state index >= 15 is 0 Å². The van der Waals surface area contributed by atoms with Crippen LogP contribution in [0.15, 0.2) is 47.2 Å². The van der Waals surface area contributed by atoms with Gasteiger partial charge in [-0.3, -0.25) is 14.8 Å². The second-order valence-electron chi connectivity index (χ2n) is 4.43. The molecule has 21 heavy (non-hydrogen) atoms. The summed E-state index contributed by atoms with van der Waals surface area (Å²) in [5, 5.41) is 18.5. The summed E-state index contributed by atoms with van der Waals surface area (Å²) in [4.78, 5) is 14.5. The van der Waals surface area contributed by atoms with Crippen LogP contribution >= 0.6 is 0 Å². The second-order valence-corrected chi connectivity index (χ2v) is 4.43. The lowest BCUT2D eigenvalue weighted by Crippen LogP contribution is -2.07. The maximum absolute atomic E-state index is 10.7. The van der Waals surface area contributed by atoms with E-state index in [1.165, 1.54) is 17.1 Å². The Hall–Kier alpha value is -3.03. The smallest absolute Gasteiger partial charge is 0.307 e. The molecule has 0 radical (unpaired) electrons. The average Bonchev–Trinajstić information content (AvgIpc) is 3.17. The van der Waals surface area contributed by atoms with Gasteiger partial charge in [-0.25, -0.2) is 0 Å². The molecule has 1 atom stereocenters. The first kappa shape index (κ1) is 13.0. The summed E-state index contributed by atoms with van der Waals surface area (Å²) in [6.45, 7) is 1.78. The van der Waals surface area contributed by atoms with E-state index in [2.05, 4.69) is 15.2 Å². The Morgan fingerprint density at radius 1 is 1.33 bits per heavy atom. The quantitative estimate of drug-likeness (QED) is 0.539. The standard InChI is InChI=1S/C13H11N5O3/c1-9(17-8-11(7-14-17)18(19)20)13-15-12(16-21-13)10-5-3-2-4-6-10/h2-9H,1H3/t9-/m0/s1. The Morgan fingerprint density at radius 2 is 2.10 bits per heavy atom. The Labute approximate surface area is 119 Å². The van der Waals surface area contributed by atoms with Crippen molar-refractivity contribution < 1.29 is 9.45 Å². The van der Waals surface area contributed by atoms with E-state index in [1.807, 2.05) is 30.3 Å². The molecule has 0 aliphatic heterocycles. The van der Waals surface area contributed by atoms with E-state index < -0.39 is 4.92 Å². The third kappa shape index (κ3) is 2.50. The van der Waals surface area contributed by atoms with Crippen LogP contribution in [0.25, 0.3) is 11.4 Å². The molecular weight excluding hydrogens is 274 g/mol. The summed E-state index contributed by atoms with van der Waals surface area (Å²) in [6, 6.07) is 9.02. The molecule has 0 aliphatic rings. The largest absolute Gasteiger partial charge is 0.337 e. The molecule has 0 amide bonds. The lowest BCUT2D eigenvalue weighted by Gasteiger charge is -2.04. The highest BCUT2D eigenvalue weighted by molar-refractivity contribution is 5.53. The molecule has 0 fully saturated rings. The van der Waals surface area contributed by atoms with Gasteiger partial charge in [-0.2, -0.15) is 10.1 Å². The van der Waals surface area contributed by atoms with Gasteiger partial charge in [0.2, 0.25) is 5.82 Å². The Kier molecular flexibility index (Phi) is 3.19. The number of nitro groups is 1. The van der Waals surface area contributed by atoms with Gasteiger partial charge in [-0.1, -0.05) is 35.5 Å². The van der Waals surface area contributed by atoms with Crippen molar-refractivity contribution in [3.63, 3.8) is 0 Å². The van der Waals surface area contributed by atoms with E-state index in [0.29, 0.717) is 11.7 Å². The lowest BCUT2D eigenvalue weighted by molar-refractivity contribution is -0.385. The summed E-state index contributed by atoms with van der Waals surface area (Å²) < 4.78 is 6.63. The summed E-state index contributed by atoms with van der Waals surface area (Å²) in [6.07, 6.45) is 2.52. The fourth-order valence-corrected chi connectivity index (χ4v) is 1.86. The maximum atomic E-state index is 10.7. The zero-order chi connectivity index (χ0) is 14.8. The number of rotatable bonds is 4. The monoisotopic (exact) mass is 285 g/mol. The van der Waals surface area contributed by atoms with Gasteiger partial charge in [0.1, 0.15) is 18.4 Å². The van der Waals surface area contributed by atoms with Crippen LogP contribution in [0, 0.1) is 10.1 Å². The van der Waals surface area contributed by atoms with Crippen molar-refractivity contribution in [1.29, 1.82) is 0 Å². The molecule has 0 saturated carbocycles. The van der Waals surface area contributed by atoms with Crippen LogP contribution in [-0.2, 0) is 0 Å². The van der Waals surface area contributed by atoms with E-state index in [0.717, 1.165) is 5.56 Å². The van der Waals surface area contributed by atoms with Gasteiger partial charge in [0.25, 0.3) is 5.89 Å². The van der Waals surface area contributed by atoms with Crippen LogP contribution in [-0.4, -0.2) is 24.8 Å². The molecule has 0 aliphatic carbocycles. The number of benzene rings is 1. The number of nitrogens with zero attached hydrogens (tertiary/aromatic N) is 5. The molecule has 3 rings (SSSR count). The minimum atomic E-state index is -0.501. The highest BCUT2D eigenvalue weighted by Gasteiger charge is 2.20. The van der Waals surface area contributed by atoms with Gasteiger partial charge in [0.15, 0.2) is 0 Å². The predicted molar refractivity (Wildman–Crippen MR) is 72.4 cm³/mol. The third-order valence-electron chi connectivity index (χ3n) is 3.03. The van der Waals surface area contributed by atoms with Crippen LogP contribution in [0.3, 0.4) is 0 Å². The van der Waals surface area contributed by atoms with Crippen molar-refractivity contribution in [2.45, 2.75) is 13.0 Å². The van der Waals surface area contributed by atoms with Gasteiger partial charge < -0.3 is 4.52 Å². The first-order chi connectivity index (χ1) is 10.1. The third-order valence-corrected chi connectivity index (χ3v) is 3.03. The molecule has 8 heteroatoms. The minimum Gasteiger partial charge on any atom is -0.337 e. The van der Waals surface area contributed by atoms with E-state index in [1.54, 1.807) is 6.92 Å². The van der Waals surface area contributed by atoms with Crippen LogP contribution in [0.4, 0.5) is 5.69 Å². The van der Waals surface area contributed by atoms with E-state index in [9.17, 15) is 10.1 Å². The molecule has 0 saturated heterocycles. The molecule has 0 spiro atoms. The van der Waals surface area contributed by atoms with Crippen molar-refractivity contribution in [3.05, 3.63) is 58.7 Å². The zero-order valence-corrected chi connectivity index (χ0v) is 11.1. The van der Waals surface area contributed by atoms with Gasteiger partial charge in [-0.05, 0) is 6.92 Å². The van der Waals surface area contributed by atoms with Crippen molar-refractivity contribution in [1.82, 2.24) is 19.9 Å². The first-order valence-corrected chi connectivity index (χ1v) is 6.22. The highest BCUT2D eigenvalue weighted by atomic mass is 16.6. The molecule has 3 aromatic rings. The van der Waals surface area contributed by atoms with Crippen molar-refractivity contribution in [2.24, 2.45) is 0 Å². The zero-order valence-electron chi connectivity index (χ0n) is 11.1. The SMILES string of the molecule is C[C@@H](c1nc(-c2ccccc2)no1)n1cc([N+](=O)[O-])cn1. The van der Waals surface area contributed by atoms with Gasteiger partial charge in [0, 0.05) is 5.56 Å². The number of aromatic nitrogens is 4. The molecule has 8 nitrogen and oxygen atoms in total. The summed E-state index contributed by atoms with van der Waals surface area (Å²) in [5.74, 6) is 0.811. The van der Waals surface area contributed by atoms with Gasteiger partial charge >= 0.3 is 5.69 Å². The van der Waals surface area contributed by atoms with E-state index in [4.69, 9.17) is 4.52 Å². The van der Waals surface area contributed by atoms with Crippen LogP contribution in [0.1, 0.15) is 18.9 Å². The second kappa shape index (κ2) is 5.16. The predicted octanol–water partition coefficient (Wildman–Crippen LogP) is 2.45. The molecule has 0 unspecified atom stereocenters. The Balaban J connectivity index is 1.87. The van der Waals surface area contributed by atoms with Crippen LogP contribution in [0.2, 0.25) is 0 Å². The first-order valence-electron chi connectivity index (χ1n) is 6.22. The maximum Gasteiger partial charge on any atom is 0.307 e. The average molecular weight is 285 g/mol. The molecule has 2 heterocycles. The Morgan fingerprint density at radius 3 is 2.76 bits per heavy atom.